The smallest absolute Gasteiger partial charge is 0.0378 e. The largest absolute Gasteiger partial charge is 0.258 e. The number of pyridine rings is 1. The first-order valence-electron chi connectivity index (χ1n) is 3.22. The summed E-state index contributed by atoms with van der Waals surface area (Å²) in [5, 5.41) is 0. The van der Waals surface area contributed by atoms with E-state index in [0.29, 0.717) is 0 Å². The molecule has 0 saturated carbocycles. The fraction of sp³-hybridized carbons (Fsp3) is 0.375. The lowest BCUT2D eigenvalue weighted by molar-refractivity contribution is 1.10. The Morgan fingerprint density at radius 2 is 1.80 bits per heavy atom. The first-order valence-corrected chi connectivity index (χ1v) is 4.75. The average Bonchev–Trinajstić information content (AvgIpc) is 1.85. The average molecular weight is 247 g/mol. The van der Waals surface area contributed by atoms with Crippen LogP contribution >= 0.6 is 22.6 Å². The molecule has 1 heterocycles. The Labute approximate surface area is 75.0 Å². The van der Waals surface area contributed by atoms with Crippen LogP contribution < -0.4 is 0 Å². The maximum absolute atomic E-state index is 4.28. The topological polar surface area (TPSA) is 12.9 Å². The standard InChI is InChI=1S/C8H10IN/c1-6-3-8(5-9)4-7(2)10-6/h3-4H,5H2,1-2H3. The zero-order valence-electron chi connectivity index (χ0n) is 6.19. The van der Waals surface area contributed by atoms with Gasteiger partial charge >= 0.3 is 0 Å². The molecule has 0 aliphatic heterocycles. The van der Waals surface area contributed by atoms with Crippen LogP contribution in [0.1, 0.15) is 17.0 Å². The first-order chi connectivity index (χ1) is 4.72. The van der Waals surface area contributed by atoms with Gasteiger partial charge in [0.2, 0.25) is 0 Å². The molecule has 0 aliphatic carbocycles. The molecule has 0 radical (unpaired) electrons. The highest BCUT2D eigenvalue weighted by atomic mass is 127. The highest BCUT2D eigenvalue weighted by molar-refractivity contribution is 14.1. The normalized spacial score (nSPS) is 9.90. The van der Waals surface area contributed by atoms with Gasteiger partial charge < -0.3 is 0 Å². The van der Waals surface area contributed by atoms with Crippen molar-refractivity contribution < 1.29 is 0 Å². The molecule has 1 nitrogen and oxygen atoms in total. The van der Waals surface area contributed by atoms with Gasteiger partial charge in [0.25, 0.3) is 0 Å². The lowest BCUT2D eigenvalue weighted by atomic mass is 10.2. The van der Waals surface area contributed by atoms with Crippen molar-refractivity contribution in [1.82, 2.24) is 4.98 Å². The van der Waals surface area contributed by atoms with Crippen LogP contribution in [-0.2, 0) is 4.43 Å². The second-order valence-corrected chi connectivity index (χ2v) is 3.15. The molecule has 0 unspecified atom stereocenters. The molecule has 54 valence electrons. The van der Waals surface area contributed by atoms with Crippen LogP contribution in [0.3, 0.4) is 0 Å². The van der Waals surface area contributed by atoms with E-state index in [-0.39, 0.29) is 0 Å². The molecule has 0 aliphatic rings. The van der Waals surface area contributed by atoms with Crippen molar-refractivity contribution >= 4 is 22.6 Å². The second kappa shape index (κ2) is 3.32. The summed E-state index contributed by atoms with van der Waals surface area (Å²) in [4.78, 5) is 4.28. The Bertz CT molecular complexity index is 212. The zero-order chi connectivity index (χ0) is 7.56. The molecule has 0 bridgehead atoms. The molecule has 1 rings (SSSR count). The maximum atomic E-state index is 4.28. The SMILES string of the molecule is Cc1cc(CI)cc(C)n1. The van der Waals surface area contributed by atoms with Crippen LogP contribution in [0.4, 0.5) is 0 Å². The molecule has 1 aromatic rings. The van der Waals surface area contributed by atoms with E-state index in [9.17, 15) is 0 Å². The van der Waals surface area contributed by atoms with Gasteiger partial charge in [-0.1, -0.05) is 22.6 Å². The Morgan fingerprint density at radius 3 is 2.20 bits per heavy atom. The van der Waals surface area contributed by atoms with Crippen molar-refractivity contribution in [2.24, 2.45) is 0 Å². The van der Waals surface area contributed by atoms with Crippen LogP contribution in [0, 0.1) is 13.8 Å². The summed E-state index contributed by atoms with van der Waals surface area (Å²) in [6, 6.07) is 4.25. The number of hydrogen-bond acceptors (Lipinski definition) is 1. The highest BCUT2D eigenvalue weighted by Gasteiger charge is 1.93. The molecule has 0 saturated heterocycles. The van der Waals surface area contributed by atoms with Gasteiger partial charge in [0.1, 0.15) is 0 Å². The van der Waals surface area contributed by atoms with Crippen molar-refractivity contribution in [2.75, 3.05) is 0 Å². The van der Waals surface area contributed by atoms with Gasteiger partial charge in [0.15, 0.2) is 0 Å². The Balaban J connectivity index is 3.06. The third kappa shape index (κ3) is 1.94. The van der Waals surface area contributed by atoms with E-state index in [1.165, 1.54) is 5.56 Å². The summed E-state index contributed by atoms with van der Waals surface area (Å²) < 4.78 is 1.07. The monoisotopic (exact) mass is 247 g/mol. The van der Waals surface area contributed by atoms with Crippen molar-refractivity contribution in [3.63, 3.8) is 0 Å². The molecular weight excluding hydrogens is 237 g/mol. The summed E-state index contributed by atoms with van der Waals surface area (Å²) in [7, 11) is 0. The zero-order valence-corrected chi connectivity index (χ0v) is 8.34. The molecule has 0 aromatic carbocycles. The Morgan fingerprint density at radius 1 is 1.30 bits per heavy atom. The van der Waals surface area contributed by atoms with Gasteiger partial charge in [-0.2, -0.15) is 0 Å². The van der Waals surface area contributed by atoms with Crippen LogP contribution in [0.15, 0.2) is 12.1 Å². The summed E-state index contributed by atoms with van der Waals surface area (Å²) in [5.41, 5.74) is 3.60. The van der Waals surface area contributed by atoms with E-state index in [4.69, 9.17) is 0 Å². The summed E-state index contributed by atoms with van der Waals surface area (Å²) in [5.74, 6) is 0. The van der Waals surface area contributed by atoms with Gasteiger partial charge in [0, 0.05) is 15.8 Å². The number of hydrogen-bond donors (Lipinski definition) is 0. The lowest BCUT2D eigenvalue weighted by Gasteiger charge is -1.98. The molecular formula is C8H10IN. The van der Waals surface area contributed by atoms with Crippen molar-refractivity contribution in [3.05, 3.63) is 29.1 Å². The number of nitrogens with zero attached hydrogens (tertiary/aromatic N) is 1. The second-order valence-electron chi connectivity index (χ2n) is 2.39. The molecule has 0 fully saturated rings. The molecule has 0 amide bonds. The van der Waals surface area contributed by atoms with E-state index < -0.39 is 0 Å². The fourth-order valence-corrected chi connectivity index (χ4v) is 1.44. The number of alkyl halides is 1. The summed E-state index contributed by atoms with van der Waals surface area (Å²) in [6.07, 6.45) is 0. The van der Waals surface area contributed by atoms with E-state index in [1.54, 1.807) is 0 Å². The quantitative estimate of drug-likeness (QED) is 0.549. The molecule has 1 aromatic heterocycles. The highest BCUT2D eigenvalue weighted by Crippen LogP contribution is 2.08. The molecule has 0 atom stereocenters. The summed E-state index contributed by atoms with van der Waals surface area (Å²) >= 11 is 2.36. The predicted octanol–water partition coefficient (Wildman–Crippen LogP) is 2.63. The van der Waals surface area contributed by atoms with Gasteiger partial charge in [0.05, 0.1) is 0 Å². The number of halogens is 1. The van der Waals surface area contributed by atoms with E-state index >= 15 is 0 Å². The minimum absolute atomic E-state index is 1.07. The first kappa shape index (κ1) is 7.98. The Hall–Kier alpha value is -0.120. The molecule has 0 spiro atoms. The van der Waals surface area contributed by atoms with Crippen LogP contribution in [0.2, 0.25) is 0 Å². The van der Waals surface area contributed by atoms with E-state index in [0.717, 1.165) is 15.8 Å². The predicted molar refractivity (Wildman–Crippen MR) is 51.4 cm³/mol. The Kier molecular flexibility index (Phi) is 2.65. The lowest BCUT2D eigenvalue weighted by Crippen LogP contribution is -1.88. The minimum Gasteiger partial charge on any atom is -0.258 e. The van der Waals surface area contributed by atoms with Crippen molar-refractivity contribution in [3.8, 4) is 0 Å². The summed E-state index contributed by atoms with van der Waals surface area (Å²) in [6.45, 7) is 4.06. The molecule has 10 heavy (non-hydrogen) atoms. The fourth-order valence-electron chi connectivity index (χ4n) is 0.998. The number of rotatable bonds is 1. The van der Waals surface area contributed by atoms with Crippen LogP contribution in [0.25, 0.3) is 0 Å². The molecule has 2 heteroatoms. The third-order valence-electron chi connectivity index (χ3n) is 1.30. The van der Waals surface area contributed by atoms with E-state index in [1.807, 2.05) is 13.8 Å². The van der Waals surface area contributed by atoms with Gasteiger partial charge in [-0.15, -0.1) is 0 Å². The van der Waals surface area contributed by atoms with Gasteiger partial charge in [-0.25, -0.2) is 0 Å². The van der Waals surface area contributed by atoms with E-state index in [2.05, 4.69) is 39.7 Å². The minimum atomic E-state index is 1.07. The van der Waals surface area contributed by atoms with Crippen LogP contribution in [0.5, 0.6) is 0 Å². The van der Waals surface area contributed by atoms with Gasteiger partial charge in [-0.3, -0.25) is 4.98 Å². The number of aryl methyl sites for hydroxylation is 2. The van der Waals surface area contributed by atoms with Crippen molar-refractivity contribution in [2.45, 2.75) is 18.3 Å². The van der Waals surface area contributed by atoms with Crippen molar-refractivity contribution in [1.29, 1.82) is 0 Å². The van der Waals surface area contributed by atoms with Gasteiger partial charge in [-0.05, 0) is 31.5 Å². The number of aromatic nitrogens is 1. The maximum Gasteiger partial charge on any atom is 0.0378 e. The molecule has 0 N–H and O–H groups in total. The third-order valence-corrected chi connectivity index (χ3v) is 2.18. The van der Waals surface area contributed by atoms with Crippen LogP contribution in [-0.4, -0.2) is 4.98 Å².